The molecular formula is C34H53NO3. The minimum atomic E-state index is -0.279. The van der Waals surface area contributed by atoms with Crippen molar-refractivity contribution in [1.82, 2.24) is 4.90 Å². The molecule has 5 aliphatic rings. The van der Waals surface area contributed by atoms with Gasteiger partial charge in [-0.15, -0.1) is 0 Å². The van der Waals surface area contributed by atoms with Crippen LogP contribution < -0.4 is 0 Å². The fraction of sp³-hybridized carbons (Fsp3) is 0.706. The molecule has 0 radical (unpaired) electrons. The number of ketones is 1. The molecule has 1 N–H and O–H groups in total. The molecule has 5 rings (SSSR count). The molecule has 0 aromatic carbocycles. The van der Waals surface area contributed by atoms with E-state index in [1.807, 2.05) is 48.7 Å². The molecule has 0 bridgehead atoms. The van der Waals surface area contributed by atoms with Gasteiger partial charge in [0.1, 0.15) is 0 Å². The molecule has 1 amide bonds. The Morgan fingerprint density at radius 2 is 1.53 bits per heavy atom. The Labute approximate surface area is 232 Å². The highest BCUT2D eigenvalue weighted by atomic mass is 16.3. The van der Waals surface area contributed by atoms with Gasteiger partial charge in [-0.05, 0) is 91.8 Å². The summed E-state index contributed by atoms with van der Waals surface area (Å²) in [7, 11) is 3.78. The summed E-state index contributed by atoms with van der Waals surface area (Å²) in [5.41, 5.74) is 4.17. The number of rotatable bonds is 1. The second-order valence-corrected chi connectivity index (χ2v) is 13.2. The van der Waals surface area contributed by atoms with Gasteiger partial charge in [0.15, 0.2) is 5.76 Å². The molecule has 0 spiro atoms. The lowest BCUT2D eigenvalue weighted by Gasteiger charge is -2.65. The molecule has 4 heteroatoms. The van der Waals surface area contributed by atoms with E-state index in [4.69, 9.17) is 0 Å². The van der Waals surface area contributed by atoms with Crippen LogP contribution in [0, 0.1) is 33.5 Å². The molecule has 212 valence electrons. The highest BCUT2D eigenvalue weighted by Gasteiger charge is 2.62. The minimum absolute atomic E-state index is 0.0552. The van der Waals surface area contributed by atoms with Crippen LogP contribution in [0.2, 0.25) is 0 Å². The maximum absolute atomic E-state index is 13.2. The van der Waals surface area contributed by atoms with Gasteiger partial charge in [0.05, 0.1) is 0 Å². The number of fused-ring (bicyclic) bond motifs is 7. The number of nitrogens with zero attached hydrogens (tertiary/aromatic N) is 1. The van der Waals surface area contributed by atoms with Crippen LogP contribution in [0.25, 0.3) is 0 Å². The quantitative estimate of drug-likeness (QED) is 0.376. The highest BCUT2D eigenvalue weighted by Crippen LogP contribution is 2.70. The topological polar surface area (TPSA) is 57.6 Å². The molecule has 5 aliphatic carbocycles. The second-order valence-electron chi connectivity index (χ2n) is 13.2. The van der Waals surface area contributed by atoms with Crippen molar-refractivity contribution in [3.63, 3.8) is 0 Å². The van der Waals surface area contributed by atoms with E-state index in [1.165, 1.54) is 12.0 Å². The zero-order valence-corrected chi connectivity index (χ0v) is 26.0. The summed E-state index contributed by atoms with van der Waals surface area (Å²) in [6, 6.07) is 0. The normalized spacial score (nSPS) is 39.2. The van der Waals surface area contributed by atoms with Crippen molar-refractivity contribution >= 4 is 11.7 Å². The maximum Gasteiger partial charge on any atom is 0.227 e. The van der Waals surface area contributed by atoms with E-state index in [0.717, 1.165) is 49.7 Å². The molecule has 4 nitrogen and oxygen atoms in total. The molecule has 0 aliphatic heterocycles. The van der Waals surface area contributed by atoms with Crippen LogP contribution in [0.4, 0.5) is 0 Å². The fourth-order valence-electron chi connectivity index (χ4n) is 8.77. The van der Waals surface area contributed by atoms with Gasteiger partial charge >= 0.3 is 0 Å². The number of amides is 1. The predicted molar refractivity (Wildman–Crippen MR) is 158 cm³/mol. The third kappa shape index (κ3) is 4.34. The van der Waals surface area contributed by atoms with Crippen LogP contribution in [0.1, 0.15) is 107 Å². The number of carbonyl (C=O) groups is 2. The zero-order valence-electron chi connectivity index (χ0n) is 26.0. The Hall–Kier alpha value is -2.10. The van der Waals surface area contributed by atoms with Gasteiger partial charge in [-0.25, -0.2) is 0 Å². The first-order valence-electron chi connectivity index (χ1n) is 15.1. The lowest BCUT2D eigenvalue weighted by molar-refractivity contribution is -0.152. The van der Waals surface area contributed by atoms with Crippen LogP contribution in [-0.2, 0) is 9.59 Å². The third-order valence-corrected chi connectivity index (χ3v) is 11.0. The van der Waals surface area contributed by atoms with E-state index in [2.05, 4.69) is 39.8 Å². The van der Waals surface area contributed by atoms with E-state index in [-0.39, 0.29) is 33.7 Å². The largest absolute Gasteiger partial charge is 0.504 e. The Morgan fingerprint density at radius 1 is 0.921 bits per heavy atom. The van der Waals surface area contributed by atoms with Gasteiger partial charge in [0.2, 0.25) is 11.7 Å². The Bertz CT molecular complexity index is 1110. The smallest absolute Gasteiger partial charge is 0.227 e. The van der Waals surface area contributed by atoms with Crippen LogP contribution >= 0.6 is 0 Å². The summed E-state index contributed by atoms with van der Waals surface area (Å²) < 4.78 is 0. The fourth-order valence-corrected chi connectivity index (χ4v) is 8.77. The monoisotopic (exact) mass is 523 g/mol. The molecule has 38 heavy (non-hydrogen) atoms. The van der Waals surface area contributed by atoms with Gasteiger partial charge in [0, 0.05) is 30.5 Å². The first-order valence-corrected chi connectivity index (χ1v) is 15.1. The molecular weight excluding hydrogens is 470 g/mol. The van der Waals surface area contributed by atoms with Gasteiger partial charge in [-0.2, -0.15) is 0 Å². The first-order chi connectivity index (χ1) is 17.8. The molecule has 3 fully saturated rings. The predicted octanol–water partition coefficient (Wildman–Crippen LogP) is 8.36. The van der Waals surface area contributed by atoms with Crippen LogP contribution in [0.15, 0.2) is 46.3 Å². The van der Waals surface area contributed by atoms with Crippen molar-refractivity contribution in [2.75, 3.05) is 14.1 Å². The van der Waals surface area contributed by atoms with Gasteiger partial charge < -0.3 is 10.0 Å². The summed E-state index contributed by atoms with van der Waals surface area (Å²) in [6.07, 6.45) is 13.7. The summed E-state index contributed by atoms with van der Waals surface area (Å²) in [6.45, 7) is 19.3. The summed E-state index contributed by atoms with van der Waals surface area (Å²) in [5.74, 6) is 0.967. The molecule has 3 saturated carbocycles. The molecule has 0 aromatic heterocycles. The number of hydrogen-bond donors (Lipinski definition) is 1. The van der Waals surface area contributed by atoms with E-state index in [1.54, 1.807) is 11.0 Å². The minimum Gasteiger partial charge on any atom is -0.504 e. The standard InChI is InChI=1S/C30H41NO3.2C2H6/c1-18-19-8-9-24-29(4,21(19)16-23(32)25(18)33)11-10-20-22-17-28(3,26(34)31(6)7)13-12-27(22,2)14-15-30(20,24)5;2*1-2/h8-9,16,20,22,33H,10-15,17H2,1-7H3;2*1-2H3/t20?,22?,27?,28-,29?,30?;;/m1../s1. The molecule has 0 heterocycles. The average Bonchev–Trinajstić information content (AvgIpc) is 2.90. The van der Waals surface area contributed by atoms with Crippen LogP contribution in [0.3, 0.4) is 0 Å². The zero-order chi connectivity index (χ0) is 28.8. The SMILES string of the molecule is CC.CC.CC1=C(O)C(=O)C=C2C1=CC=C1C2(C)CCC2C3C[C@](C)(C(=O)N(C)C)CCC3(C)CCC12C. The lowest BCUT2D eigenvalue weighted by atomic mass is 9.39. The Kier molecular flexibility index (Phi) is 8.39. The highest BCUT2D eigenvalue weighted by molar-refractivity contribution is 6.06. The summed E-state index contributed by atoms with van der Waals surface area (Å²) in [4.78, 5) is 27.6. The van der Waals surface area contributed by atoms with Crippen LogP contribution in [0.5, 0.6) is 0 Å². The average molecular weight is 524 g/mol. The van der Waals surface area contributed by atoms with E-state index < -0.39 is 0 Å². The number of allylic oxidation sites excluding steroid dienone is 7. The number of aliphatic hydroxyl groups is 1. The number of aliphatic hydroxyl groups excluding tert-OH is 1. The van der Waals surface area contributed by atoms with Gasteiger partial charge in [-0.1, -0.05) is 73.1 Å². The summed E-state index contributed by atoms with van der Waals surface area (Å²) >= 11 is 0. The Balaban J connectivity index is 0.000000956. The van der Waals surface area contributed by atoms with Crippen molar-refractivity contribution in [2.24, 2.45) is 33.5 Å². The van der Waals surface area contributed by atoms with E-state index >= 15 is 0 Å². The lowest BCUT2D eigenvalue weighted by Crippen LogP contribution is -2.57. The maximum atomic E-state index is 13.2. The molecule has 0 aromatic rings. The van der Waals surface area contributed by atoms with Crippen molar-refractivity contribution in [3.8, 4) is 0 Å². The van der Waals surface area contributed by atoms with Crippen molar-refractivity contribution in [3.05, 3.63) is 46.3 Å². The van der Waals surface area contributed by atoms with Crippen molar-refractivity contribution in [2.45, 2.75) is 107 Å². The van der Waals surface area contributed by atoms with Crippen molar-refractivity contribution < 1.29 is 14.7 Å². The molecule has 0 saturated heterocycles. The summed E-state index contributed by atoms with van der Waals surface area (Å²) in [5, 5.41) is 10.3. The molecule has 6 atom stereocenters. The number of hydrogen-bond acceptors (Lipinski definition) is 3. The number of carbonyl (C=O) groups excluding carboxylic acids is 2. The van der Waals surface area contributed by atoms with Crippen LogP contribution in [-0.4, -0.2) is 35.8 Å². The van der Waals surface area contributed by atoms with Gasteiger partial charge in [0.25, 0.3) is 0 Å². The molecule has 5 unspecified atom stereocenters. The van der Waals surface area contributed by atoms with Crippen molar-refractivity contribution in [1.29, 1.82) is 0 Å². The van der Waals surface area contributed by atoms with E-state index in [0.29, 0.717) is 22.8 Å². The second kappa shape index (κ2) is 10.5. The first kappa shape index (κ1) is 30.4. The Morgan fingerprint density at radius 3 is 2.13 bits per heavy atom. The van der Waals surface area contributed by atoms with E-state index in [9.17, 15) is 14.7 Å². The third-order valence-electron chi connectivity index (χ3n) is 11.0. The van der Waals surface area contributed by atoms with Gasteiger partial charge in [-0.3, -0.25) is 9.59 Å².